The van der Waals surface area contributed by atoms with Crippen LogP contribution in [0.25, 0.3) is 5.52 Å². The smallest absolute Gasteiger partial charge is 0.277 e. The molecule has 0 aliphatic rings. The summed E-state index contributed by atoms with van der Waals surface area (Å²) in [5.41, 5.74) is 2.52. The quantitative estimate of drug-likeness (QED) is 0.221. The first kappa shape index (κ1) is 18.5. The number of carbonyl (C=O) groups excluding carboxylic acids is 1. The topological polar surface area (TPSA) is 87.9 Å². The summed E-state index contributed by atoms with van der Waals surface area (Å²) in [4.78, 5) is 21.0. The van der Waals surface area contributed by atoms with Crippen molar-refractivity contribution in [2.45, 2.75) is 0 Å². The van der Waals surface area contributed by atoms with Gasteiger partial charge in [0, 0.05) is 9.64 Å². The number of benzene rings is 1. The maximum Gasteiger partial charge on any atom is 0.277 e. The van der Waals surface area contributed by atoms with E-state index in [2.05, 4.69) is 15.8 Å². The molecule has 2 heterocycles. The number of aromatic nitrogens is 2. The van der Waals surface area contributed by atoms with Crippen LogP contribution in [0.15, 0.2) is 36.8 Å². The third-order valence-electron chi connectivity index (χ3n) is 3.45. The number of nitrogens with zero attached hydrogens (tertiary/aromatic N) is 2. The summed E-state index contributed by atoms with van der Waals surface area (Å²) >= 11 is 1.97. The Labute approximate surface area is 160 Å². The number of aliphatic hydroxyl groups excluding tert-OH is 1. The SMILES string of the molecule is O=C(NOCCO)c1cc(F)n2cncc2c1Nc1ccc(I)cc1F. The highest BCUT2D eigenvalue weighted by atomic mass is 127. The zero-order chi connectivity index (χ0) is 18.7. The first-order chi connectivity index (χ1) is 12.5. The van der Waals surface area contributed by atoms with E-state index in [4.69, 9.17) is 9.94 Å². The lowest BCUT2D eigenvalue weighted by Gasteiger charge is -2.15. The van der Waals surface area contributed by atoms with Crippen molar-refractivity contribution in [3.05, 3.63) is 57.7 Å². The minimum absolute atomic E-state index is 0.105. The van der Waals surface area contributed by atoms with Crippen LogP contribution in [0.1, 0.15) is 10.4 Å². The van der Waals surface area contributed by atoms with Crippen LogP contribution in [0.4, 0.5) is 20.2 Å². The Morgan fingerprint density at radius 3 is 2.88 bits per heavy atom. The summed E-state index contributed by atoms with van der Waals surface area (Å²) in [5.74, 6) is -2.00. The number of nitrogens with one attached hydrogen (secondary N) is 2. The molecule has 3 rings (SSSR count). The fourth-order valence-electron chi connectivity index (χ4n) is 2.30. The first-order valence-electron chi connectivity index (χ1n) is 7.41. The van der Waals surface area contributed by atoms with Gasteiger partial charge in [0.2, 0.25) is 0 Å². The van der Waals surface area contributed by atoms with E-state index in [1.54, 1.807) is 6.07 Å². The van der Waals surface area contributed by atoms with Crippen LogP contribution in [0.2, 0.25) is 0 Å². The van der Waals surface area contributed by atoms with Crippen molar-refractivity contribution in [2.24, 2.45) is 0 Å². The van der Waals surface area contributed by atoms with Crippen LogP contribution < -0.4 is 10.8 Å². The van der Waals surface area contributed by atoms with Gasteiger partial charge in [-0.25, -0.2) is 14.9 Å². The largest absolute Gasteiger partial charge is 0.394 e. The van der Waals surface area contributed by atoms with E-state index >= 15 is 0 Å². The molecule has 0 bridgehead atoms. The van der Waals surface area contributed by atoms with Gasteiger partial charge in [-0.05, 0) is 40.8 Å². The molecular formula is C16H13F2IN4O3. The predicted molar refractivity (Wildman–Crippen MR) is 98.1 cm³/mol. The van der Waals surface area contributed by atoms with Crippen LogP contribution >= 0.6 is 22.6 Å². The van der Waals surface area contributed by atoms with E-state index in [-0.39, 0.29) is 35.7 Å². The molecule has 3 N–H and O–H groups in total. The Hall–Kier alpha value is -2.31. The first-order valence-corrected chi connectivity index (χ1v) is 8.48. The number of hydroxylamine groups is 1. The highest BCUT2D eigenvalue weighted by Gasteiger charge is 2.20. The molecule has 1 aromatic carbocycles. The molecule has 0 spiro atoms. The zero-order valence-electron chi connectivity index (χ0n) is 13.2. The number of carbonyl (C=O) groups is 1. The van der Waals surface area contributed by atoms with Gasteiger partial charge in [-0.1, -0.05) is 0 Å². The van der Waals surface area contributed by atoms with E-state index in [0.717, 1.165) is 10.5 Å². The van der Waals surface area contributed by atoms with Gasteiger partial charge in [-0.15, -0.1) is 0 Å². The second-order valence-electron chi connectivity index (χ2n) is 5.16. The Balaban J connectivity index is 2.06. The lowest BCUT2D eigenvalue weighted by atomic mass is 10.1. The summed E-state index contributed by atoms with van der Waals surface area (Å²) < 4.78 is 30.3. The number of pyridine rings is 1. The minimum Gasteiger partial charge on any atom is -0.394 e. The molecular weight excluding hydrogens is 461 g/mol. The van der Waals surface area contributed by atoms with E-state index in [9.17, 15) is 13.6 Å². The lowest BCUT2D eigenvalue weighted by Crippen LogP contribution is -2.26. The number of aliphatic hydroxyl groups is 1. The molecule has 0 atom stereocenters. The summed E-state index contributed by atoms with van der Waals surface area (Å²) in [5, 5.41) is 11.5. The lowest BCUT2D eigenvalue weighted by molar-refractivity contribution is 0.0168. The number of hydrogen-bond acceptors (Lipinski definition) is 5. The van der Waals surface area contributed by atoms with Crippen LogP contribution in [-0.4, -0.2) is 33.6 Å². The van der Waals surface area contributed by atoms with Crippen LogP contribution in [0.3, 0.4) is 0 Å². The molecule has 0 unspecified atom stereocenters. The van der Waals surface area contributed by atoms with Gasteiger partial charge in [0.1, 0.15) is 12.1 Å². The molecule has 3 aromatic rings. The molecule has 0 saturated carbocycles. The molecule has 0 radical (unpaired) electrons. The molecule has 0 saturated heterocycles. The van der Waals surface area contributed by atoms with Crippen molar-refractivity contribution in [1.82, 2.24) is 14.9 Å². The number of halogens is 3. The van der Waals surface area contributed by atoms with Crippen molar-refractivity contribution in [3.63, 3.8) is 0 Å². The number of amides is 1. The van der Waals surface area contributed by atoms with Crippen molar-refractivity contribution in [3.8, 4) is 0 Å². The van der Waals surface area contributed by atoms with E-state index in [1.165, 1.54) is 24.7 Å². The van der Waals surface area contributed by atoms with E-state index in [0.29, 0.717) is 3.57 Å². The molecule has 26 heavy (non-hydrogen) atoms. The average Bonchev–Trinajstić information content (AvgIpc) is 3.09. The summed E-state index contributed by atoms with van der Waals surface area (Å²) in [6.07, 6.45) is 2.59. The average molecular weight is 474 g/mol. The van der Waals surface area contributed by atoms with Gasteiger partial charge in [-0.3, -0.25) is 14.0 Å². The summed E-state index contributed by atoms with van der Waals surface area (Å²) in [7, 11) is 0. The maximum atomic E-state index is 14.2. The number of fused-ring (bicyclic) bond motifs is 1. The number of hydrogen-bond donors (Lipinski definition) is 3. The standard InChI is InChI=1S/C16H13F2IN4O3/c17-11-5-9(19)1-2-12(11)21-15-10(16(25)22-26-4-3-24)6-14(18)23-8-20-7-13(15)23/h1-2,5-8,21,24H,3-4H2,(H,22,25). The molecule has 0 aliphatic carbocycles. The Morgan fingerprint density at radius 1 is 1.35 bits per heavy atom. The second-order valence-corrected chi connectivity index (χ2v) is 6.40. The van der Waals surface area contributed by atoms with Gasteiger partial charge in [0.15, 0.2) is 5.95 Å². The normalized spacial score (nSPS) is 10.9. The van der Waals surface area contributed by atoms with Crippen molar-refractivity contribution in [2.75, 3.05) is 18.5 Å². The highest BCUT2D eigenvalue weighted by Crippen LogP contribution is 2.29. The Morgan fingerprint density at radius 2 is 2.15 bits per heavy atom. The molecule has 2 aromatic heterocycles. The molecule has 0 fully saturated rings. The molecule has 1 amide bonds. The van der Waals surface area contributed by atoms with Crippen LogP contribution in [-0.2, 0) is 4.84 Å². The second kappa shape index (κ2) is 7.93. The van der Waals surface area contributed by atoms with Crippen LogP contribution in [0, 0.1) is 15.3 Å². The maximum absolute atomic E-state index is 14.2. The number of rotatable bonds is 6. The minimum atomic E-state index is -0.755. The monoisotopic (exact) mass is 474 g/mol. The third kappa shape index (κ3) is 3.76. The van der Waals surface area contributed by atoms with Gasteiger partial charge < -0.3 is 10.4 Å². The van der Waals surface area contributed by atoms with E-state index in [1.807, 2.05) is 22.6 Å². The Bertz CT molecular complexity index is 964. The van der Waals surface area contributed by atoms with Crippen molar-refractivity contribution in [1.29, 1.82) is 0 Å². The van der Waals surface area contributed by atoms with E-state index < -0.39 is 17.7 Å². The summed E-state index contributed by atoms with van der Waals surface area (Å²) in [6.45, 7) is -0.424. The van der Waals surface area contributed by atoms with Crippen molar-refractivity contribution < 1.29 is 23.5 Å². The fourth-order valence-corrected chi connectivity index (χ4v) is 2.76. The van der Waals surface area contributed by atoms with Gasteiger partial charge in [-0.2, -0.15) is 4.39 Å². The predicted octanol–water partition coefficient (Wildman–Crippen LogP) is 2.61. The summed E-state index contributed by atoms with van der Waals surface area (Å²) in [6, 6.07) is 5.51. The Kier molecular flexibility index (Phi) is 5.64. The zero-order valence-corrected chi connectivity index (χ0v) is 15.3. The number of imidazole rings is 1. The third-order valence-corrected chi connectivity index (χ3v) is 4.12. The van der Waals surface area contributed by atoms with Gasteiger partial charge >= 0.3 is 0 Å². The highest BCUT2D eigenvalue weighted by molar-refractivity contribution is 14.1. The van der Waals surface area contributed by atoms with Gasteiger partial charge in [0.25, 0.3) is 5.91 Å². The van der Waals surface area contributed by atoms with Gasteiger partial charge in [0.05, 0.1) is 41.9 Å². The molecule has 10 heteroatoms. The molecule has 0 aliphatic heterocycles. The van der Waals surface area contributed by atoms with Crippen molar-refractivity contribution >= 4 is 45.4 Å². The van der Waals surface area contributed by atoms with Crippen LogP contribution in [0.5, 0.6) is 0 Å². The fraction of sp³-hybridized carbons (Fsp3) is 0.125. The molecule has 136 valence electrons. The number of anilines is 2. The molecule has 7 nitrogen and oxygen atoms in total.